The van der Waals surface area contributed by atoms with Crippen LogP contribution in [0.3, 0.4) is 0 Å². The quantitative estimate of drug-likeness (QED) is 0.114. The van der Waals surface area contributed by atoms with Crippen LogP contribution in [0.25, 0.3) is 16.0 Å². The van der Waals surface area contributed by atoms with Crippen LogP contribution in [0.5, 0.6) is 23.0 Å². The number of aliphatic hydroxyl groups excluding tert-OH is 1. The van der Waals surface area contributed by atoms with Crippen molar-refractivity contribution >= 4 is 44.1 Å². The monoisotopic (exact) mass is 602 g/mol. The summed E-state index contributed by atoms with van der Waals surface area (Å²) in [6.07, 6.45) is 0.873. The lowest BCUT2D eigenvalue weighted by atomic mass is 9.95. The molecule has 1 amide bonds. The summed E-state index contributed by atoms with van der Waals surface area (Å²) in [5, 5.41) is 11.8. The fraction of sp³-hybridized carbons (Fsp3) is 0.303. The van der Waals surface area contributed by atoms with Crippen molar-refractivity contribution in [2.45, 2.75) is 33.2 Å². The molecule has 1 saturated heterocycles. The summed E-state index contributed by atoms with van der Waals surface area (Å²) in [7, 11) is 3.12. The van der Waals surface area contributed by atoms with E-state index in [2.05, 4.69) is 13.8 Å². The van der Waals surface area contributed by atoms with Gasteiger partial charge in [0.25, 0.3) is 5.78 Å². The van der Waals surface area contributed by atoms with Gasteiger partial charge in [-0.1, -0.05) is 31.3 Å². The topological polar surface area (TPSA) is 107 Å². The van der Waals surface area contributed by atoms with Crippen LogP contribution in [-0.4, -0.2) is 49.2 Å². The fourth-order valence-electron chi connectivity index (χ4n) is 4.86. The van der Waals surface area contributed by atoms with Crippen LogP contribution in [0.15, 0.2) is 66.2 Å². The van der Waals surface area contributed by atoms with Gasteiger partial charge in [0.05, 0.1) is 49.3 Å². The van der Waals surface area contributed by atoms with E-state index in [-0.39, 0.29) is 11.3 Å². The number of amides is 1. The molecule has 5 rings (SSSR count). The van der Waals surface area contributed by atoms with Gasteiger partial charge in [-0.25, -0.2) is 4.98 Å². The molecule has 43 heavy (non-hydrogen) atoms. The molecule has 0 radical (unpaired) electrons. The minimum Gasteiger partial charge on any atom is -0.507 e. The molecule has 2 heterocycles. The first-order chi connectivity index (χ1) is 20.7. The lowest BCUT2D eigenvalue weighted by molar-refractivity contribution is -0.132. The lowest BCUT2D eigenvalue weighted by Crippen LogP contribution is -2.29. The molecular formula is C33H34N2O7S. The van der Waals surface area contributed by atoms with Gasteiger partial charge in [0, 0.05) is 5.56 Å². The van der Waals surface area contributed by atoms with E-state index >= 15 is 0 Å². The average Bonchev–Trinajstić information content (AvgIpc) is 3.54. The van der Waals surface area contributed by atoms with Crippen LogP contribution in [0, 0.1) is 5.92 Å². The maximum absolute atomic E-state index is 13.7. The number of thiazole rings is 1. The SMILES string of the molecule is CCOc1cc(C2C(=C(O)c3ccc(OC)cc3)C(=O)C(=O)N2c2nc3ccc(OC)cc3s2)ccc1OCCC(C)C. The first-order valence-corrected chi connectivity index (χ1v) is 14.9. The number of aromatic nitrogens is 1. The normalized spacial score (nSPS) is 16.2. The van der Waals surface area contributed by atoms with Gasteiger partial charge in [-0.05, 0) is 79.4 Å². The van der Waals surface area contributed by atoms with Gasteiger partial charge in [-0.2, -0.15) is 0 Å². The molecule has 0 bridgehead atoms. The molecule has 0 aliphatic carbocycles. The minimum absolute atomic E-state index is 0.0528. The third-order valence-electron chi connectivity index (χ3n) is 7.13. The Balaban J connectivity index is 1.66. The predicted molar refractivity (Wildman–Crippen MR) is 167 cm³/mol. The first kappa shape index (κ1) is 29.9. The van der Waals surface area contributed by atoms with Crippen molar-refractivity contribution < 1.29 is 33.6 Å². The number of ether oxygens (including phenoxy) is 4. The number of Topliss-reactive ketones (excluding diaryl/α,β-unsaturated/α-hetero) is 1. The second-order valence-electron chi connectivity index (χ2n) is 10.4. The standard InChI is InChI=1S/C33H34N2O7S/c1-6-41-26-17-21(9-14-25(26)42-16-15-19(2)3)29-28(30(36)20-7-10-22(39-4)11-8-20)31(37)32(38)35(29)33-34-24-13-12-23(40-5)18-27(24)43-33/h7-14,17-19,29,36H,6,15-16H2,1-5H3. The summed E-state index contributed by atoms with van der Waals surface area (Å²) in [5.74, 6) is 0.848. The van der Waals surface area contributed by atoms with Gasteiger partial charge in [0.2, 0.25) is 0 Å². The Morgan fingerprint density at radius 1 is 0.953 bits per heavy atom. The van der Waals surface area contributed by atoms with Crippen LogP contribution >= 0.6 is 11.3 Å². The molecule has 1 unspecified atom stereocenters. The highest BCUT2D eigenvalue weighted by molar-refractivity contribution is 7.22. The molecule has 0 saturated carbocycles. The van der Waals surface area contributed by atoms with Crippen molar-refractivity contribution in [3.8, 4) is 23.0 Å². The van der Waals surface area contributed by atoms with Gasteiger partial charge < -0.3 is 24.1 Å². The highest BCUT2D eigenvalue weighted by atomic mass is 32.1. The number of ketones is 1. The van der Waals surface area contributed by atoms with Crippen molar-refractivity contribution in [3.63, 3.8) is 0 Å². The zero-order valence-electron chi connectivity index (χ0n) is 24.7. The number of rotatable bonds is 11. The molecule has 1 N–H and O–H groups in total. The number of nitrogens with zero attached hydrogens (tertiary/aromatic N) is 2. The van der Waals surface area contributed by atoms with Gasteiger partial charge in [0.1, 0.15) is 17.3 Å². The lowest BCUT2D eigenvalue weighted by Gasteiger charge is -2.24. The van der Waals surface area contributed by atoms with E-state index in [0.29, 0.717) is 63.9 Å². The van der Waals surface area contributed by atoms with E-state index in [1.54, 1.807) is 68.8 Å². The Morgan fingerprint density at radius 2 is 1.67 bits per heavy atom. The molecule has 1 fully saturated rings. The molecule has 3 aromatic carbocycles. The predicted octanol–water partition coefficient (Wildman–Crippen LogP) is 6.76. The molecular weight excluding hydrogens is 568 g/mol. The Kier molecular flexibility index (Phi) is 8.86. The third kappa shape index (κ3) is 6.01. The van der Waals surface area contributed by atoms with Crippen molar-refractivity contribution in [2.24, 2.45) is 5.92 Å². The summed E-state index contributed by atoms with van der Waals surface area (Å²) in [6, 6.07) is 16.4. The summed E-state index contributed by atoms with van der Waals surface area (Å²) in [5.41, 5.74) is 1.53. The molecule has 1 aromatic heterocycles. The molecule has 0 spiro atoms. The van der Waals surface area contributed by atoms with Gasteiger partial charge in [-0.15, -0.1) is 0 Å². The second kappa shape index (κ2) is 12.7. The van der Waals surface area contributed by atoms with Gasteiger partial charge in [0.15, 0.2) is 16.6 Å². The number of aliphatic hydroxyl groups is 1. The maximum Gasteiger partial charge on any atom is 0.301 e. The van der Waals surface area contributed by atoms with Crippen molar-refractivity contribution in [1.29, 1.82) is 0 Å². The Morgan fingerprint density at radius 3 is 2.35 bits per heavy atom. The molecule has 1 atom stereocenters. The van der Waals surface area contributed by atoms with Crippen LogP contribution < -0.4 is 23.8 Å². The molecule has 224 valence electrons. The highest BCUT2D eigenvalue weighted by Gasteiger charge is 2.48. The summed E-state index contributed by atoms with van der Waals surface area (Å²) >= 11 is 1.26. The molecule has 1 aliphatic rings. The zero-order chi connectivity index (χ0) is 30.7. The number of benzene rings is 3. The average molecular weight is 603 g/mol. The Labute approximate surface area is 254 Å². The Hall–Kier alpha value is -4.57. The summed E-state index contributed by atoms with van der Waals surface area (Å²) in [6.45, 7) is 7.02. The van der Waals surface area contributed by atoms with E-state index in [1.165, 1.54) is 16.2 Å². The first-order valence-electron chi connectivity index (χ1n) is 14.0. The smallest absolute Gasteiger partial charge is 0.301 e. The van der Waals surface area contributed by atoms with Crippen molar-refractivity contribution in [1.82, 2.24) is 4.98 Å². The van der Waals surface area contributed by atoms with Crippen LogP contribution in [0.1, 0.15) is 44.4 Å². The highest BCUT2D eigenvalue weighted by Crippen LogP contribution is 2.46. The van der Waals surface area contributed by atoms with E-state index in [0.717, 1.165) is 11.1 Å². The third-order valence-corrected chi connectivity index (χ3v) is 8.15. The van der Waals surface area contributed by atoms with Gasteiger partial charge >= 0.3 is 5.91 Å². The molecule has 10 heteroatoms. The fourth-order valence-corrected chi connectivity index (χ4v) is 5.88. The van der Waals surface area contributed by atoms with E-state index in [4.69, 9.17) is 23.9 Å². The van der Waals surface area contributed by atoms with Crippen molar-refractivity contribution in [3.05, 3.63) is 77.4 Å². The number of carbonyl (C=O) groups is 2. The number of hydrogen-bond acceptors (Lipinski definition) is 9. The van der Waals surface area contributed by atoms with Crippen LogP contribution in [0.4, 0.5) is 5.13 Å². The van der Waals surface area contributed by atoms with Crippen LogP contribution in [-0.2, 0) is 9.59 Å². The number of methoxy groups -OCH3 is 2. The molecule has 4 aromatic rings. The largest absolute Gasteiger partial charge is 0.507 e. The number of carbonyl (C=O) groups excluding carboxylic acids is 2. The minimum atomic E-state index is -0.978. The second-order valence-corrected chi connectivity index (χ2v) is 11.4. The maximum atomic E-state index is 13.7. The number of fused-ring (bicyclic) bond motifs is 1. The van der Waals surface area contributed by atoms with E-state index in [9.17, 15) is 14.7 Å². The van der Waals surface area contributed by atoms with Gasteiger partial charge in [-0.3, -0.25) is 14.5 Å². The zero-order valence-corrected chi connectivity index (χ0v) is 25.6. The molecule has 9 nitrogen and oxygen atoms in total. The summed E-state index contributed by atoms with van der Waals surface area (Å²) in [4.78, 5) is 33.4. The summed E-state index contributed by atoms with van der Waals surface area (Å²) < 4.78 is 23.4. The Bertz CT molecular complexity index is 1680. The number of hydrogen-bond donors (Lipinski definition) is 1. The molecule has 1 aliphatic heterocycles. The number of anilines is 1. The van der Waals surface area contributed by atoms with Crippen molar-refractivity contribution in [2.75, 3.05) is 32.3 Å². The van der Waals surface area contributed by atoms with Crippen LogP contribution in [0.2, 0.25) is 0 Å². The van der Waals surface area contributed by atoms with E-state index < -0.39 is 17.7 Å². The van der Waals surface area contributed by atoms with E-state index in [1.807, 2.05) is 13.0 Å².